The number of fused-ring (bicyclic) bond motifs is 1. The van der Waals surface area contributed by atoms with Gasteiger partial charge in [-0.1, -0.05) is 23.2 Å². The van der Waals surface area contributed by atoms with Crippen LogP contribution in [0, 0.1) is 0 Å². The zero-order valence-electron chi connectivity index (χ0n) is 14.4. The van der Waals surface area contributed by atoms with Crippen LogP contribution in [0.5, 0.6) is 0 Å². The Bertz CT molecular complexity index is 809. The Balaban J connectivity index is 1.87. The zero-order chi connectivity index (χ0) is 19.8. The fourth-order valence-corrected chi connectivity index (χ4v) is 3.93. The fourth-order valence-electron chi connectivity index (χ4n) is 3.42. The molecule has 1 unspecified atom stereocenters. The number of aliphatic hydroxyl groups is 1. The van der Waals surface area contributed by atoms with E-state index in [1.165, 1.54) is 19.2 Å². The number of nitrogens with one attached hydrogen (secondary N) is 2. The van der Waals surface area contributed by atoms with Gasteiger partial charge < -0.3 is 25.2 Å². The number of esters is 1. The Labute approximate surface area is 165 Å². The predicted molar refractivity (Wildman–Crippen MR) is 96.5 cm³/mol. The molecule has 1 aromatic carbocycles. The Morgan fingerprint density at radius 1 is 1.30 bits per heavy atom. The van der Waals surface area contributed by atoms with Crippen molar-refractivity contribution in [3.05, 3.63) is 27.7 Å². The highest BCUT2D eigenvalue weighted by Gasteiger charge is 2.51. The molecule has 0 aliphatic carbocycles. The second-order valence-corrected chi connectivity index (χ2v) is 7.32. The Kier molecular flexibility index (Phi) is 5.36. The SMILES string of the molecule is COC(=O)C1(NC(=O)CC2(O)C(=O)Nc3c(Cl)ccc(Cl)c32)CCOCC1. The molecule has 0 saturated carbocycles. The molecule has 0 bridgehead atoms. The van der Waals surface area contributed by atoms with Crippen LogP contribution in [0.25, 0.3) is 0 Å². The third kappa shape index (κ3) is 3.38. The average Bonchev–Trinajstić information content (AvgIpc) is 2.90. The summed E-state index contributed by atoms with van der Waals surface area (Å²) < 4.78 is 10.1. The van der Waals surface area contributed by atoms with Crippen molar-refractivity contribution in [2.24, 2.45) is 0 Å². The van der Waals surface area contributed by atoms with E-state index in [4.69, 9.17) is 32.7 Å². The Morgan fingerprint density at radius 2 is 1.93 bits per heavy atom. The van der Waals surface area contributed by atoms with E-state index in [2.05, 4.69) is 10.6 Å². The van der Waals surface area contributed by atoms with E-state index in [-0.39, 0.29) is 47.4 Å². The Morgan fingerprint density at radius 3 is 2.56 bits per heavy atom. The first-order chi connectivity index (χ1) is 12.7. The number of anilines is 1. The van der Waals surface area contributed by atoms with E-state index in [1.54, 1.807) is 0 Å². The number of amides is 2. The van der Waals surface area contributed by atoms with Gasteiger partial charge in [0.2, 0.25) is 5.91 Å². The summed E-state index contributed by atoms with van der Waals surface area (Å²) in [6, 6.07) is 2.91. The number of hydrogen-bond acceptors (Lipinski definition) is 6. The van der Waals surface area contributed by atoms with Gasteiger partial charge in [0, 0.05) is 36.6 Å². The molecule has 0 radical (unpaired) electrons. The summed E-state index contributed by atoms with van der Waals surface area (Å²) >= 11 is 12.2. The van der Waals surface area contributed by atoms with Gasteiger partial charge in [-0.3, -0.25) is 9.59 Å². The molecule has 1 aromatic rings. The zero-order valence-corrected chi connectivity index (χ0v) is 15.9. The molecule has 27 heavy (non-hydrogen) atoms. The summed E-state index contributed by atoms with van der Waals surface area (Å²) in [6.45, 7) is 0.537. The van der Waals surface area contributed by atoms with Crippen molar-refractivity contribution in [2.45, 2.75) is 30.4 Å². The van der Waals surface area contributed by atoms with E-state index in [0.29, 0.717) is 0 Å². The summed E-state index contributed by atoms with van der Waals surface area (Å²) in [6.07, 6.45) is -0.191. The van der Waals surface area contributed by atoms with Gasteiger partial charge in [0.15, 0.2) is 5.60 Å². The van der Waals surface area contributed by atoms with Crippen molar-refractivity contribution in [1.29, 1.82) is 0 Å². The van der Waals surface area contributed by atoms with Crippen LogP contribution in [0.3, 0.4) is 0 Å². The van der Waals surface area contributed by atoms with E-state index < -0.39 is 35.3 Å². The third-order valence-corrected chi connectivity index (χ3v) is 5.48. The minimum absolute atomic E-state index is 0.0379. The number of carbonyl (C=O) groups is 3. The van der Waals surface area contributed by atoms with Gasteiger partial charge >= 0.3 is 5.97 Å². The van der Waals surface area contributed by atoms with Crippen molar-refractivity contribution < 1.29 is 29.0 Å². The molecule has 3 rings (SSSR count). The number of benzene rings is 1. The average molecular weight is 417 g/mol. The van der Waals surface area contributed by atoms with Gasteiger partial charge in [-0.25, -0.2) is 4.79 Å². The monoisotopic (exact) mass is 416 g/mol. The van der Waals surface area contributed by atoms with Gasteiger partial charge in [0.25, 0.3) is 5.91 Å². The maximum Gasteiger partial charge on any atom is 0.331 e. The number of ether oxygens (including phenoxy) is 2. The van der Waals surface area contributed by atoms with Crippen molar-refractivity contribution in [1.82, 2.24) is 5.32 Å². The quantitative estimate of drug-likeness (QED) is 0.638. The summed E-state index contributed by atoms with van der Waals surface area (Å²) in [5, 5.41) is 16.3. The maximum atomic E-state index is 12.7. The summed E-state index contributed by atoms with van der Waals surface area (Å²) in [7, 11) is 1.22. The van der Waals surface area contributed by atoms with E-state index in [0.717, 1.165) is 0 Å². The molecule has 2 aliphatic heterocycles. The normalized spacial score (nSPS) is 23.3. The van der Waals surface area contributed by atoms with Gasteiger partial charge in [-0.2, -0.15) is 0 Å². The summed E-state index contributed by atoms with van der Waals surface area (Å²) in [4.78, 5) is 37.3. The molecule has 1 atom stereocenters. The molecule has 2 heterocycles. The second kappa shape index (κ2) is 7.27. The van der Waals surface area contributed by atoms with Crippen LogP contribution in [0.1, 0.15) is 24.8 Å². The molecule has 2 amide bonds. The lowest BCUT2D eigenvalue weighted by atomic mass is 9.87. The van der Waals surface area contributed by atoms with Crippen LogP contribution >= 0.6 is 23.2 Å². The molecule has 0 aromatic heterocycles. The molecular formula is C17H18Cl2N2O6. The first-order valence-corrected chi connectivity index (χ1v) is 8.98. The van der Waals surface area contributed by atoms with Crippen molar-refractivity contribution in [3.63, 3.8) is 0 Å². The summed E-state index contributed by atoms with van der Waals surface area (Å²) in [5.41, 5.74) is -3.27. The van der Waals surface area contributed by atoms with Crippen molar-refractivity contribution in [2.75, 3.05) is 25.6 Å². The van der Waals surface area contributed by atoms with Crippen LogP contribution in [0.2, 0.25) is 10.0 Å². The molecule has 2 aliphatic rings. The number of carbonyl (C=O) groups excluding carboxylic acids is 3. The van der Waals surface area contributed by atoms with E-state index >= 15 is 0 Å². The summed E-state index contributed by atoms with van der Waals surface area (Å²) in [5.74, 6) is -2.13. The van der Waals surface area contributed by atoms with Crippen LogP contribution in [-0.2, 0) is 29.5 Å². The maximum absolute atomic E-state index is 12.7. The topological polar surface area (TPSA) is 114 Å². The molecule has 10 heteroatoms. The molecule has 0 spiro atoms. The first-order valence-electron chi connectivity index (χ1n) is 8.23. The number of halogens is 2. The first kappa shape index (κ1) is 19.9. The highest BCUT2D eigenvalue weighted by molar-refractivity contribution is 6.38. The van der Waals surface area contributed by atoms with Crippen molar-refractivity contribution >= 4 is 46.7 Å². The predicted octanol–water partition coefficient (Wildman–Crippen LogP) is 1.36. The number of hydrogen-bond donors (Lipinski definition) is 3. The largest absolute Gasteiger partial charge is 0.467 e. The van der Waals surface area contributed by atoms with Gasteiger partial charge in [-0.05, 0) is 12.1 Å². The molecule has 146 valence electrons. The van der Waals surface area contributed by atoms with Crippen LogP contribution in [0.4, 0.5) is 5.69 Å². The van der Waals surface area contributed by atoms with Crippen LogP contribution in [-0.4, -0.2) is 48.8 Å². The fraction of sp³-hybridized carbons (Fsp3) is 0.471. The highest BCUT2D eigenvalue weighted by atomic mass is 35.5. The Hall–Kier alpha value is -1.87. The van der Waals surface area contributed by atoms with Crippen molar-refractivity contribution in [3.8, 4) is 0 Å². The smallest absolute Gasteiger partial charge is 0.331 e. The second-order valence-electron chi connectivity index (χ2n) is 6.50. The lowest BCUT2D eigenvalue weighted by Crippen LogP contribution is -2.59. The highest BCUT2D eigenvalue weighted by Crippen LogP contribution is 2.46. The van der Waals surface area contributed by atoms with E-state index in [1.807, 2.05) is 0 Å². The molecule has 8 nitrogen and oxygen atoms in total. The van der Waals surface area contributed by atoms with E-state index in [9.17, 15) is 19.5 Å². The molecule has 3 N–H and O–H groups in total. The lowest BCUT2D eigenvalue weighted by Gasteiger charge is -2.35. The number of methoxy groups -OCH3 is 1. The lowest BCUT2D eigenvalue weighted by molar-refractivity contribution is -0.156. The standard InChI is InChI=1S/C17H18Cl2N2O6/c1-26-15(24)16(4-6-27-7-5-16)21-11(22)8-17(25)12-9(18)2-3-10(19)13(12)20-14(17)23/h2-3,25H,4-8H2,1H3,(H,20,23)(H,21,22). The van der Waals surface area contributed by atoms with Crippen LogP contribution in [0.15, 0.2) is 12.1 Å². The molecular weight excluding hydrogens is 399 g/mol. The van der Waals surface area contributed by atoms with Gasteiger partial charge in [0.05, 0.1) is 24.2 Å². The third-order valence-electron chi connectivity index (χ3n) is 4.85. The van der Waals surface area contributed by atoms with Gasteiger partial charge in [-0.15, -0.1) is 0 Å². The number of rotatable bonds is 4. The van der Waals surface area contributed by atoms with Gasteiger partial charge in [0.1, 0.15) is 5.54 Å². The van der Waals surface area contributed by atoms with Crippen LogP contribution < -0.4 is 10.6 Å². The molecule has 1 fully saturated rings. The minimum atomic E-state index is -2.20. The minimum Gasteiger partial charge on any atom is -0.467 e. The molecule has 1 saturated heterocycles.